The van der Waals surface area contributed by atoms with Crippen molar-refractivity contribution in [2.24, 2.45) is 0 Å². The Labute approximate surface area is 200 Å². The van der Waals surface area contributed by atoms with Gasteiger partial charge in [-0.1, -0.05) is 18.9 Å². The highest BCUT2D eigenvalue weighted by Crippen LogP contribution is 2.30. The molecule has 2 heterocycles. The van der Waals surface area contributed by atoms with Gasteiger partial charge in [0.1, 0.15) is 17.3 Å². The van der Waals surface area contributed by atoms with Gasteiger partial charge in [-0.25, -0.2) is 4.39 Å². The molecule has 1 saturated carbocycles. The number of hydrogen-bond donors (Lipinski definition) is 2. The van der Waals surface area contributed by atoms with E-state index in [4.69, 9.17) is 4.42 Å². The first-order chi connectivity index (χ1) is 16.4. The third-order valence-electron chi connectivity index (χ3n) is 5.76. The number of benzene rings is 1. The van der Waals surface area contributed by atoms with Crippen LogP contribution in [-0.2, 0) is 9.59 Å². The summed E-state index contributed by atoms with van der Waals surface area (Å²) in [5, 5.41) is 7.42. The number of carbonyl (C=O) groups excluding carboxylic acids is 3. The number of carbonyl (C=O) groups is 3. The normalized spacial score (nSPS) is 14.5. The van der Waals surface area contributed by atoms with Gasteiger partial charge in [0, 0.05) is 11.7 Å². The number of amides is 3. The first kappa shape index (κ1) is 23.7. The van der Waals surface area contributed by atoms with Crippen molar-refractivity contribution in [3.8, 4) is 0 Å². The number of nitrogens with one attached hydrogen (secondary N) is 2. The van der Waals surface area contributed by atoms with E-state index in [0.29, 0.717) is 16.3 Å². The van der Waals surface area contributed by atoms with Crippen LogP contribution < -0.4 is 15.5 Å². The number of hydrogen-bond acceptors (Lipinski definition) is 5. The van der Waals surface area contributed by atoms with Crippen LogP contribution >= 0.6 is 11.3 Å². The quantitative estimate of drug-likeness (QED) is 0.498. The maximum absolute atomic E-state index is 13.7. The molecule has 7 nitrogen and oxygen atoms in total. The van der Waals surface area contributed by atoms with Gasteiger partial charge in [0.15, 0.2) is 6.04 Å². The van der Waals surface area contributed by atoms with E-state index in [1.807, 2.05) is 0 Å². The van der Waals surface area contributed by atoms with E-state index in [1.165, 1.54) is 40.5 Å². The molecular formula is C25H26FN3O4S. The molecule has 2 aromatic heterocycles. The van der Waals surface area contributed by atoms with Gasteiger partial charge in [0.25, 0.3) is 11.8 Å². The standard InChI is InChI=1S/C25H26FN3O4S/c1-16-8-13-20(33-16)23(25(32)28-18-5-2-3-6-18)29(19-11-9-17(26)10-12-19)22(30)15-27-24(31)21-7-4-14-34-21/h4,7-14,18,23H,2-3,5-6,15H2,1H3,(H,27,31)(H,28,32). The molecule has 0 bridgehead atoms. The maximum Gasteiger partial charge on any atom is 0.261 e. The van der Waals surface area contributed by atoms with Crippen LogP contribution in [0.2, 0.25) is 0 Å². The molecule has 1 aliphatic rings. The van der Waals surface area contributed by atoms with E-state index in [-0.39, 0.29) is 30.2 Å². The Hall–Kier alpha value is -3.46. The highest BCUT2D eigenvalue weighted by molar-refractivity contribution is 7.12. The number of rotatable bonds is 8. The Morgan fingerprint density at radius 2 is 1.85 bits per heavy atom. The van der Waals surface area contributed by atoms with Gasteiger partial charge in [0.05, 0.1) is 11.4 Å². The molecule has 9 heteroatoms. The average molecular weight is 484 g/mol. The van der Waals surface area contributed by atoms with E-state index >= 15 is 0 Å². The minimum atomic E-state index is -1.12. The molecule has 0 radical (unpaired) electrons. The molecule has 0 saturated heterocycles. The van der Waals surface area contributed by atoms with E-state index in [0.717, 1.165) is 25.7 Å². The van der Waals surface area contributed by atoms with Crippen LogP contribution in [0.4, 0.5) is 10.1 Å². The van der Waals surface area contributed by atoms with E-state index < -0.39 is 17.8 Å². The van der Waals surface area contributed by atoms with Gasteiger partial charge in [-0.15, -0.1) is 11.3 Å². The van der Waals surface area contributed by atoms with Crippen molar-refractivity contribution in [2.75, 3.05) is 11.4 Å². The van der Waals surface area contributed by atoms with Crippen molar-refractivity contribution in [1.29, 1.82) is 0 Å². The summed E-state index contributed by atoms with van der Waals surface area (Å²) in [6.45, 7) is 1.40. The number of aryl methyl sites for hydroxylation is 1. The summed E-state index contributed by atoms with van der Waals surface area (Å²) in [6.07, 6.45) is 3.81. The molecule has 4 rings (SSSR count). The minimum absolute atomic E-state index is 0.0229. The smallest absolute Gasteiger partial charge is 0.261 e. The molecule has 3 amide bonds. The van der Waals surface area contributed by atoms with Gasteiger partial charge in [-0.05, 0) is 67.6 Å². The fraction of sp³-hybridized carbons (Fsp3) is 0.320. The summed E-state index contributed by atoms with van der Waals surface area (Å²) in [7, 11) is 0. The van der Waals surface area contributed by atoms with Crippen LogP contribution in [0.25, 0.3) is 0 Å². The lowest BCUT2D eigenvalue weighted by Crippen LogP contribution is -2.49. The number of halogens is 1. The Morgan fingerprint density at radius 3 is 2.47 bits per heavy atom. The van der Waals surface area contributed by atoms with Crippen molar-refractivity contribution in [1.82, 2.24) is 10.6 Å². The van der Waals surface area contributed by atoms with Crippen LogP contribution in [0.5, 0.6) is 0 Å². The molecule has 1 unspecified atom stereocenters. The molecule has 1 atom stereocenters. The van der Waals surface area contributed by atoms with E-state index in [1.54, 1.807) is 36.6 Å². The average Bonchev–Trinajstić information content (AvgIpc) is 3.60. The highest BCUT2D eigenvalue weighted by Gasteiger charge is 2.36. The second kappa shape index (κ2) is 10.6. The summed E-state index contributed by atoms with van der Waals surface area (Å²) in [6, 6.07) is 11.0. The molecule has 1 aromatic carbocycles. The maximum atomic E-state index is 13.7. The zero-order chi connectivity index (χ0) is 24.1. The molecule has 1 fully saturated rings. The Kier molecular flexibility index (Phi) is 7.42. The highest BCUT2D eigenvalue weighted by atomic mass is 32.1. The fourth-order valence-electron chi connectivity index (χ4n) is 4.10. The Bertz CT molecular complexity index is 1140. The minimum Gasteiger partial charge on any atom is -0.464 e. The topological polar surface area (TPSA) is 91.7 Å². The largest absolute Gasteiger partial charge is 0.464 e. The van der Waals surface area contributed by atoms with Crippen molar-refractivity contribution >= 4 is 34.7 Å². The SMILES string of the molecule is Cc1ccc(C(C(=O)NC2CCCC2)N(C(=O)CNC(=O)c2cccs2)c2ccc(F)cc2)o1. The first-order valence-corrected chi connectivity index (χ1v) is 12.1. The third-order valence-corrected chi connectivity index (χ3v) is 6.63. The molecular weight excluding hydrogens is 457 g/mol. The lowest BCUT2D eigenvalue weighted by atomic mass is 10.1. The van der Waals surface area contributed by atoms with Gasteiger partial charge in [-0.3, -0.25) is 19.3 Å². The molecule has 2 N–H and O–H groups in total. The second-order valence-electron chi connectivity index (χ2n) is 8.24. The molecule has 0 aliphatic heterocycles. The fourth-order valence-corrected chi connectivity index (χ4v) is 4.74. The predicted molar refractivity (Wildman–Crippen MR) is 127 cm³/mol. The lowest BCUT2D eigenvalue weighted by Gasteiger charge is -2.31. The van der Waals surface area contributed by atoms with E-state index in [2.05, 4.69) is 10.6 Å². The molecule has 178 valence electrons. The zero-order valence-corrected chi connectivity index (χ0v) is 19.6. The summed E-state index contributed by atoms with van der Waals surface area (Å²) in [5.74, 6) is -0.895. The van der Waals surface area contributed by atoms with Gasteiger partial charge in [0.2, 0.25) is 5.91 Å². The monoisotopic (exact) mass is 483 g/mol. The Balaban J connectivity index is 1.65. The summed E-state index contributed by atoms with van der Waals surface area (Å²) in [4.78, 5) is 41.1. The lowest BCUT2D eigenvalue weighted by molar-refractivity contribution is -0.127. The third kappa shape index (κ3) is 5.53. The number of thiophene rings is 1. The zero-order valence-electron chi connectivity index (χ0n) is 18.8. The van der Waals surface area contributed by atoms with Gasteiger partial charge >= 0.3 is 0 Å². The summed E-state index contributed by atoms with van der Waals surface area (Å²) >= 11 is 1.26. The van der Waals surface area contributed by atoms with Gasteiger partial charge in [-0.2, -0.15) is 0 Å². The Morgan fingerprint density at radius 1 is 1.12 bits per heavy atom. The van der Waals surface area contributed by atoms with Crippen molar-refractivity contribution in [3.05, 3.63) is 76.1 Å². The molecule has 0 spiro atoms. The predicted octanol–water partition coefficient (Wildman–Crippen LogP) is 4.35. The number of anilines is 1. The van der Waals surface area contributed by atoms with Crippen LogP contribution in [-0.4, -0.2) is 30.3 Å². The molecule has 1 aliphatic carbocycles. The van der Waals surface area contributed by atoms with Crippen molar-refractivity contribution in [3.63, 3.8) is 0 Å². The number of furan rings is 1. The van der Waals surface area contributed by atoms with Crippen LogP contribution in [0.1, 0.15) is 52.9 Å². The van der Waals surface area contributed by atoms with Crippen LogP contribution in [0, 0.1) is 12.7 Å². The second-order valence-corrected chi connectivity index (χ2v) is 9.19. The van der Waals surface area contributed by atoms with Crippen molar-refractivity contribution in [2.45, 2.75) is 44.7 Å². The number of nitrogens with zero attached hydrogens (tertiary/aromatic N) is 1. The summed E-state index contributed by atoms with van der Waals surface area (Å²) < 4.78 is 19.4. The molecule has 3 aromatic rings. The molecule has 34 heavy (non-hydrogen) atoms. The van der Waals surface area contributed by atoms with Crippen LogP contribution in [0.3, 0.4) is 0 Å². The first-order valence-electron chi connectivity index (χ1n) is 11.2. The van der Waals surface area contributed by atoms with Gasteiger partial charge < -0.3 is 15.1 Å². The summed E-state index contributed by atoms with van der Waals surface area (Å²) in [5.41, 5.74) is 0.317. The van der Waals surface area contributed by atoms with Crippen molar-refractivity contribution < 1.29 is 23.2 Å². The van der Waals surface area contributed by atoms with E-state index in [9.17, 15) is 18.8 Å². The van der Waals surface area contributed by atoms with Crippen LogP contribution in [0.15, 0.2) is 58.3 Å².